The van der Waals surface area contributed by atoms with E-state index in [1.807, 2.05) is 73.4 Å². The molecule has 3 heterocycles. The first kappa shape index (κ1) is 24.9. The van der Waals surface area contributed by atoms with Gasteiger partial charge in [-0.2, -0.15) is 0 Å². The largest absolute Gasteiger partial charge is 0.485 e. The average molecular weight is 589 g/mol. The molecule has 0 aliphatic carbocycles. The molecule has 1 aliphatic heterocycles. The van der Waals surface area contributed by atoms with Gasteiger partial charge in [0.15, 0.2) is 11.6 Å². The maximum Gasteiger partial charge on any atom is 0.166 e. The maximum atomic E-state index is 6.12. The molecule has 0 unspecified atom stereocenters. The van der Waals surface area contributed by atoms with E-state index in [-0.39, 0.29) is 0 Å². The van der Waals surface area contributed by atoms with Crippen molar-refractivity contribution in [1.29, 1.82) is 0 Å². The highest BCUT2D eigenvalue weighted by Gasteiger charge is 2.21. The fraction of sp³-hybridized carbons (Fsp3) is 0.385. The van der Waals surface area contributed by atoms with Crippen molar-refractivity contribution in [2.24, 2.45) is 0 Å². The number of piperidine rings is 1. The van der Waals surface area contributed by atoms with Crippen molar-refractivity contribution in [2.45, 2.75) is 44.8 Å². The van der Waals surface area contributed by atoms with Crippen LogP contribution < -0.4 is 10.5 Å². The molecular weight excluding hydrogens is 559 g/mol. The van der Waals surface area contributed by atoms with Gasteiger partial charge in [0, 0.05) is 29.4 Å². The Balaban J connectivity index is 1.45. The number of ether oxygens (including phenoxy) is 1. The van der Waals surface area contributed by atoms with E-state index in [1.54, 1.807) is 17.5 Å². The van der Waals surface area contributed by atoms with Gasteiger partial charge < -0.3 is 15.4 Å². The van der Waals surface area contributed by atoms with Crippen molar-refractivity contribution in [3.05, 3.63) is 58.9 Å². The Morgan fingerprint density at radius 1 is 1.21 bits per heavy atom. The van der Waals surface area contributed by atoms with E-state index in [2.05, 4.69) is 28.8 Å². The molecule has 34 heavy (non-hydrogen) atoms. The Labute approximate surface area is 219 Å². The van der Waals surface area contributed by atoms with Gasteiger partial charge in [-0.1, -0.05) is 24.0 Å². The molecule has 1 aromatic carbocycles. The van der Waals surface area contributed by atoms with Gasteiger partial charge in [0.25, 0.3) is 0 Å². The number of pyridine rings is 1. The minimum Gasteiger partial charge on any atom is -0.485 e. The average Bonchev–Trinajstić information content (AvgIpc) is 3.33. The molecule has 0 atom stereocenters. The standard InChI is InChI=1S/C26H29IN4O2S/c1-26(2,33-27)10-7-18-5-4-6-19(13-18)17-32-22-14-21(15-29-24(22)28)23-16-30-25(34-23)20-8-11-31(3)12-9-20/h4-6,13-16,20H,8-9,11-12,17H2,1-3H3,(H2,28,29). The predicted octanol–water partition coefficient (Wildman–Crippen LogP) is 5.67. The van der Waals surface area contributed by atoms with Crippen LogP contribution >= 0.6 is 34.3 Å². The fourth-order valence-corrected chi connectivity index (χ4v) is 4.89. The number of nitrogens with two attached hydrogens (primary N) is 1. The van der Waals surface area contributed by atoms with E-state index < -0.39 is 5.60 Å². The first-order valence-corrected chi connectivity index (χ1v) is 13.0. The van der Waals surface area contributed by atoms with Crippen LogP contribution in [0.15, 0.2) is 42.7 Å². The molecule has 1 saturated heterocycles. The second kappa shape index (κ2) is 11.0. The Morgan fingerprint density at radius 2 is 2.00 bits per heavy atom. The Morgan fingerprint density at radius 3 is 2.76 bits per heavy atom. The Hall–Kier alpha value is -2.19. The van der Waals surface area contributed by atoms with Crippen LogP contribution in [0.4, 0.5) is 5.82 Å². The number of anilines is 1. The number of aromatic nitrogens is 2. The molecule has 3 aromatic rings. The van der Waals surface area contributed by atoms with Gasteiger partial charge in [0.2, 0.25) is 0 Å². The van der Waals surface area contributed by atoms with Crippen molar-refractivity contribution in [2.75, 3.05) is 25.9 Å². The zero-order valence-electron chi connectivity index (χ0n) is 19.7. The summed E-state index contributed by atoms with van der Waals surface area (Å²) in [5.74, 6) is 7.78. The molecular formula is C26H29IN4O2S. The van der Waals surface area contributed by atoms with Crippen LogP contribution in [0.5, 0.6) is 5.75 Å². The van der Waals surface area contributed by atoms with Gasteiger partial charge >= 0.3 is 0 Å². The molecule has 0 amide bonds. The molecule has 6 nitrogen and oxygen atoms in total. The minimum atomic E-state index is -0.503. The summed E-state index contributed by atoms with van der Waals surface area (Å²) in [5.41, 5.74) is 8.51. The van der Waals surface area contributed by atoms with Crippen LogP contribution in [0.1, 0.15) is 48.7 Å². The number of hydrogen-bond acceptors (Lipinski definition) is 7. The van der Waals surface area contributed by atoms with Gasteiger partial charge in [-0.05, 0) is 70.6 Å². The molecule has 0 radical (unpaired) electrons. The molecule has 8 heteroatoms. The molecule has 178 valence electrons. The Bertz CT molecular complexity index is 1190. The quantitative estimate of drug-likeness (QED) is 0.296. The van der Waals surface area contributed by atoms with E-state index in [9.17, 15) is 0 Å². The first-order chi connectivity index (χ1) is 16.3. The minimum absolute atomic E-state index is 0.376. The van der Waals surface area contributed by atoms with E-state index in [1.165, 1.54) is 5.01 Å². The third-order valence-electron chi connectivity index (χ3n) is 5.78. The second-order valence-electron chi connectivity index (χ2n) is 9.07. The van der Waals surface area contributed by atoms with Crippen LogP contribution in [-0.2, 0) is 9.67 Å². The molecule has 0 saturated carbocycles. The summed E-state index contributed by atoms with van der Waals surface area (Å²) >= 11 is 3.62. The number of nitrogen functional groups attached to an aromatic ring is 1. The van der Waals surface area contributed by atoms with E-state index >= 15 is 0 Å². The van der Waals surface area contributed by atoms with Crippen molar-refractivity contribution >= 4 is 40.2 Å². The molecule has 4 rings (SSSR count). The summed E-state index contributed by atoms with van der Waals surface area (Å²) in [7, 11) is 2.18. The molecule has 1 aliphatic rings. The Kier molecular flexibility index (Phi) is 8.09. The zero-order valence-corrected chi connectivity index (χ0v) is 22.7. The van der Waals surface area contributed by atoms with Crippen LogP contribution in [0.3, 0.4) is 0 Å². The summed E-state index contributed by atoms with van der Waals surface area (Å²) in [4.78, 5) is 12.5. The number of rotatable bonds is 6. The van der Waals surface area contributed by atoms with Crippen LogP contribution in [-0.4, -0.2) is 40.6 Å². The SMILES string of the molecule is CN1CCC(c2ncc(-c3cnc(N)c(OCc4cccc(C#CC(C)(C)OI)c4)c3)s2)CC1. The third-order valence-corrected chi connectivity index (χ3v) is 8.09. The monoisotopic (exact) mass is 588 g/mol. The van der Waals surface area contributed by atoms with E-state index in [0.717, 1.165) is 47.5 Å². The van der Waals surface area contributed by atoms with Crippen molar-refractivity contribution < 1.29 is 7.80 Å². The molecule has 2 N–H and O–H groups in total. The van der Waals surface area contributed by atoms with Crippen LogP contribution in [0, 0.1) is 11.8 Å². The number of benzene rings is 1. The highest BCUT2D eigenvalue weighted by Crippen LogP contribution is 2.36. The molecule has 0 spiro atoms. The highest BCUT2D eigenvalue weighted by molar-refractivity contribution is 14.1. The van der Waals surface area contributed by atoms with Gasteiger partial charge in [0.1, 0.15) is 35.2 Å². The second-order valence-corrected chi connectivity index (χ2v) is 10.6. The van der Waals surface area contributed by atoms with Crippen molar-refractivity contribution in [1.82, 2.24) is 14.9 Å². The number of thiazole rings is 1. The third kappa shape index (κ3) is 6.48. The molecule has 2 aromatic heterocycles. The number of hydrogen-bond donors (Lipinski definition) is 1. The molecule has 0 bridgehead atoms. The van der Waals surface area contributed by atoms with Crippen LogP contribution in [0.25, 0.3) is 10.4 Å². The van der Waals surface area contributed by atoms with E-state index in [0.29, 0.717) is 24.1 Å². The first-order valence-electron chi connectivity index (χ1n) is 11.3. The van der Waals surface area contributed by atoms with E-state index in [4.69, 9.17) is 18.5 Å². The highest BCUT2D eigenvalue weighted by atomic mass is 127. The fourth-order valence-electron chi connectivity index (χ4n) is 3.71. The van der Waals surface area contributed by atoms with Gasteiger partial charge in [0.05, 0.1) is 9.88 Å². The van der Waals surface area contributed by atoms with Crippen LogP contribution in [0.2, 0.25) is 0 Å². The lowest BCUT2D eigenvalue weighted by Gasteiger charge is -2.27. The maximum absolute atomic E-state index is 6.12. The normalized spacial score (nSPS) is 15.1. The lowest BCUT2D eigenvalue weighted by atomic mass is 9.98. The summed E-state index contributed by atoms with van der Waals surface area (Å²) in [6, 6.07) is 9.93. The summed E-state index contributed by atoms with van der Waals surface area (Å²) in [6.07, 6.45) is 6.05. The lowest BCUT2D eigenvalue weighted by Crippen LogP contribution is -2.29. The van der Waals surface area contributed by atoms with Crippen molar-refractivity contribution in [3.8, 4) is 28.0 Å². The zero-order chi connectivity index (χ0) is 24.1. The van der Waals surface area contributed by atoms with Gasteiger partial charge in [-0.25, -0.2) is 9.97 Å². The topological polar surface area (TPSA) is 73.5 Å². The number of halogens is 1. The summed E-state index contributed by atoms with van der Waals surface area (Å²) < 4.78 is 11.4. The predicted molar refractivity (Wildman–Crippen MR) is 146 cm³/mol. The van der Waals surface area contributed by atoms with Crippen molar-refractivity contribution in [3.63, 3.8) is 0 Å². The molecule has 1 fully saturated rings. The number of nitrogens with zero attached hydrogens (tertiary/aromatic N) is 3. The van der Waals surface area contributed by atoms with Gasteiger partial charge in [-0.15, -0.1) is 11.3 Å². The lowest BCUT2D eigenvalue weighted by molar-refractivity contribution is 0.251. The number of likely N-dealkylation sites (tertiary alicyclic amines) is 1. The smallest absolute Gasteiger partial charge is 0.166 e. The van der Waals surface area contributed by atoms with Gasteiger partial charge in [-0.3, -0.25) is 3.07 Å². The summed E-state index contributed by atoms with van der Waals surface area (Å²) in [5, 5.41) is 1.21. The summed E-state index contributed by atoms with van der Waals surface area (Å²) in [6.45, 7) is 6.49.